The fourth-order valence-electron chi connectivity index (χ4n) is 1.91. The van der Waals surface area contributed by atoms with Crippen molar-refractivity contribution in [3.63, 3.8) is 0 Å². The summed E-state index contributed by atoms with van der Waals surface area (Å²) in [7, 11) is 0. The van der Waals surface area contributed by atoms with Crippen LogP contribution in [0.5, 0.6) is 5.75 Å². The van der Waals surface area contributed by atoms with E-state index in [0.717, 1.165) is 24.5 Å². The number of hydrogen-bond acceptors (Lipinski definition) is 4. The van der Waals surface area contributed by atoms with Crippen LogP contribution in [0.15, 0.2) is 30.6 Å². The summed E-state index contributed by atoms with van der Waals surface area (Å²) in [5, 5.41) is 3.81. The van der Waals surface area contributed by atoms with Crippen LogP contribution < -0.4 is 10.1 Å². The van der Waals surface area contributed by atoms with Gasteiger partial charge in [-0.15, -0.1) is 0 Å². The lowest BCUT2D eigenvalue weighted by Crippen LogP contribution is -2.01. The summed E-state index contributed by atoms with van der Waals surface area (Å²) in [5.74, 6) is 1.62. The molecule has 0 amide bonds. The molecule has 0 saturated heterocycles. The number of halogens is 1. The molecule has 2 aromatic rings. The number of ether oxygens (including phenoxy) is 1. The van der Waals surface area contributed by atoms with Crippen LogP contribution in [0.2, 0.25) is 5.02 Å². The van der Waals surface area contributed by atoms with Gasteiger partial charge in [-0.3, -0.25) is 4.98 Å². The molecule has 0 aliphatic carbocycles. The normalized spacial score (nSPS) is 12.9. The van der Waals surface area contributed by atoms with Crippen molar-refractivity contribution in [2.75, 3.05) is 11.9 Å². The van der Waals surface area contributed by atoms with Crippen molar-refractivity contribution >= 4 is 17.4 Å². The molecule has 1 aliphatic heterocycles. The van der Waals surface area contributed by atoms with E-state index in [1.54, 1.807) is 18.5 Å². The molecule has 0 unspecified atom stereocenters. The maximum atomic E-state index is 5.84. The molecule has 92 valence electrons. The van der Waals surface area contributed by atoms with E-state index in [-0.39, 0.29) is 0 Å². The number of pyridine rings is 2. The maximum absolute atomic E-state index is 5.84. The highest BCUT2D eigenvalue weighted by atomic mass is 35.5. The monoisotopic (exact) mass is 261 g/mol. The maximum Gasteiger partial charge on any atom is 0.139 e. The Bertz CT molecular complexity index is 574. The molecular weight excluding hydrogens is 250 g/mol. The van der Waals surface area contributed by atoms with Crippen LogP contribution in [0.25, 0.3) is 0 Å². The van der Waals surface area contributed by atoms with E-state index in [4.69, 9.17) is 16.3 Å². The third-order valence-electron chi connectivity index (χ3n) is 2.79. The first-order valence-corrected chi connectivity index (χ1v) is 6.15. The molecule has 1 aliphatic rings. The summed E-state index contributed by atoms with van der Waals surface area (Å²) >= 11 is 5.84. The predicted molar refractivity (Wildman–Crippen MR) is 70.0 cm³/mol. The Morgan fingerprint density at radius 3 is 3.17 bits per heavy atom. The van der Waals surface area contributed by atoms with Crippen molar-refractivity contribution in [2.45, 2.75) is 13.0 Å². The topological polar surface area (TPSA) is 47.0 Å². The molecule has 0 saturated carbocycles. The van der Waals surface area contributed by atoms with Gasteiger partial charge in [0.1, 0.15) is 18.2 Å². The Hall–Kier alpha value is -1.81. The SMILES string of the molecule is Clc1cncc(OCc2ccc3c(n2)NCC3)c1. The van der Waals surface area contributed by atoms with Crippen molar-refractivity contribution in [3.05, 3.63) is 46.9 Å². The molecule has 3 rings (SSSR count). The number of nitrogens with zero attached hydrogens (tertiary/aromatic N) is 2. The minimum Gasteiger partial charge on any atom is -0.486 e. The van der Waals surface area contributed by atoms with Gasteiger partial charge >= 0.3 is 0 Å². The lowest BCUT2D eigenvalue weighted by Gasteiger charge is -2.07. The first-order valence-electron chi connectivity index (χ1n) is 5.77. The molecule has 0 radical (unpaired) electrons. The standard InChI is InChI=1S/C13H12ClN3O/c14-10-5-12(7-15-6-10)18-8-11-2-1-9-3-4-16-13(9)17-11/h1-2,5-7H,3-4,8H2,(H,16,17). The van der Waals surface area contributed by atoms with Crippen molar-refractivity contribution in [2.24, 2.45) is 0 Å². The average molecular weight is 262 g/mol. The van der Waals surface area contributed by atoms with Crippen LogP contribution >= 0.6 is 11.6 Å². The predicted octanol–water partition coefficient (Wildman–Crippen LogP) is 2.68. The number of hydrogen-bond donors (Lipinski definition) is 1. The third-order valence-corrected chi connectivity index (χ3v) is 3.00. The summed E-state index contributed by atoms with van der Waals surface area (Å²) in [6, 6.07) is 5.82. The minimum absolute atomic E-state index is 0.414. The molecule has 0 aromatic carbocycles. The average Bonchev–Trinajstić information content (AvgIpc) is 2.84. The lowest BCUT2D eigenvalue weighted by molar-refractivity contribution is 0.300. The van der Waals surface area contributed by atoms with E-state index in [9.17, 15) is 0 Å². The highest BCUT2D eigenvalue weighted by Gasteiger charge is 2.11. The van der Waals surface area contributed by atoms with Gasteiger partial charge in [-0.1, -0.05) is 17.7 Å². The Morgan fingerprint density at radius 2 is 2.28 bits per heavy atom. The van der Waals surface area contributed by atoms with Crippen LogP contribution in [0, 0.1) is 0 Å². The van der Waals surface area contributed by atoms with E-state index in [0.29, 0.717) is 17.4 Å². The summed E-state index contributed by atoms with van der Waals surface area (Å²) < 4.78 is 5.60. The second-order valence-electron chi connectivity index (χ2n) is 4.11. The van der Waals surface area contributed by atoms with Crippen molar-refractivity contribution in [1.29, 1.82) is 0 Å². The van der Waals surface area contributed by atoms with Gasteiger partial charge < -0.3 is 10.1 Å². The Labute approximate surface area is 110 Å². The summed E-state index contributed by atoms with van der Waals surface area (Å²) in [6.07, 6.45) is 4.26. The second-order valence-corrected chi connectivity index (χ2v) is 4.55. The van der Waals surface area contributed by atoms with Gasteiger partial charge in [0.05, 0.1) is 16.9 Å². The highest BCUT2D eigenvalue weighted by molar-refractivity contribution is 6.30. The molecule has 0 spiro atoms. The molecule has 1 N–H and O–H groups in total. The lowest BCUT2D eigenvalue weighted by atomic mass is 10.2. The van der Waals surface area contributed by atoms with Crippen molar-refractivity contribution in [3.8, 4) is 5.75 Å². The Morgan fingerprint density at radius 1 is 1.33 bits per heavy atom. The quantitative estimate of drug-likeness (QED) is 0.923. The van der Waals surface area contributed by atoms with Gasteiger partial charge in [-0.2, -0.15) is 0 Å². The van der Waals surface area contributed by atoms with Crippen LogP contribution in [0.1, 0.15) is 11.3 Å². The fourth-order valence-corrected chi connectivity index (χ4v) is 2.07. The number of anilines is 1. The highest BCUT2D eigenvalue weighted by Crippen LogP contribution is 2.21. The van der Waals surface area contributed by atoms with Gasteiger partial charge in [0.2, 0.25) is 0 Å². The first kappa shape index (κ1) is 11.3. The van der Waals surface area contributed by atoms with E-state index < -0.39 is 0 Å². The smallest absolute Gasteiger partial charge is 0.139 e. The molecule has 0 fully saturated rings. The molecule has 3 heterocycles. The van der Waals surface area contributed by atoms with Crippen LogP contribution in [0.3, 0.4) is 0 Å². The molecule has 4 nitrogen and oxygen atoms in total. The van der Waals surface area contributed by atoms with Crippen molar-refractivity contribution < 1.29 is 4.74 Å². The van der Waals surface area contributed by atoms with Crippen LogP contribution in [-0.4, -0.2) is 16.5 Å². The zero-order valence-electron chi connectivity index (χ0n) is 9.69. The summed E-state index contributed by atoms with van der Waals surface area (Å²) in [4.78, 5) is 8.47. The largest absolute Gasteiger partial charge is 0.486 e. The molecule has 2 aromatic heterocycles. The molecular formula is C13H12ClN3O. The fraction of sp³-hybridized carbons (Fsp3) is 0.231. The number of rotatable bonds is 3. The van der Waals surface area contributed by atoms with Gasteiger partial charge in [-0.25, -0.2) is 4.98 Å². The van der Waals surface area contributed by atoms with Gasteiger partial charge in [0, 0.05) is 18.8 Å². The number of fused-ring (bicyclic) bond motifs is 1. The van der Waals surface area contributed by atoms with E-state index >= 15 is 0 Å². The summed E-state index contributed by atoms with van der Waals surface area (Å²) in [6.45, 7) is 1.38. The molecule has 0 atom stereocenters. The van der Waals surface area contributed by atoms with Crippen LogP contribution in [0.4, 0.5) is 5.82 Å². The van der Waals surface area contributed by atoms with E-state index in [1.807, 2.05) is 6.07 Å². The van der Waals surface area contributed by atoms with Crippen LogP contribution in [-0.2, 0) is 13.0 Å². The van der Waals surface area contributed by atoms with E-state index in [1.165, 1.54) is 5.56 Å². The first-order chi connectivity index (χ1) is 8.81. The summed E-state index contributed by atoms with van der Waals surface area (Å²) in [5.41, 5.74) is 2.16. The van der Waals surface area contributed by atoms with Gasteiger partial charge in [0.25, 0.3) is 0 Å². The Kier molecular flexibility index (Phi) is 3.02. The third kappa shape index (κ3) is 2.38. The van der Waals surface area contributed by atoms with Gasteiger partial charge in [0.15, 0.2) is 0 Å². The minimum atomic E-state index is 0.414. The van der Waals surface area contributed by atoms with Gasteiger partial charge in [-0.05, 0) is 18.1 Å². The van der Waals surface area contributed by atoms with Crippen molar-refractivity contribution in [1.82, 2.24) is 9.97 Å². The molecule has 0 bridgehead atoms. The second kappa shape index (κ2) is 4.82. The zero-order chi connectivity index (χ0) is 12.4. The molecule has 18 heavy (non-hydrogen) atoms. The Balaban J connectivity index is 1.70. The van der Waals surface area contributed by atoms with E-state index in [2.05, 4.69) is 21.4 Å². The zero-order valence-corrected chi connectivity index (χ0v) is 10.4. The number of nitrogens with one attached hydrogen (secondary N) is 1. The number of aromatic nitrogens is 2. The molecule has 5 heteroatoms.